The molecule has 1 aliphatic heterocycles. The summed E-state index contributed by atoms with van der Waals surface area (Å²) in [6.45, 7) is 5.10. The van der Waals surface area contributed by atoms with Gasteiger partial charge in [0, 0.05) is 36.1 Å². The molecule has 1 aromatic heterocycles. The molecule has 2 rings (SSSR count). The number of carbonyl (C=O) groups is 2. The molecule has 0 bridgehead atoms. The van der Waals surface area contributed by atoms with E-state index in [2.05, 4.69) is 5.32 Å². The van der Waals surface area contributed by atoms with Gasteiger partial charge in [0.2, 0.25) is 5.91 Å². The average molecular weight is 309 g/mol. The number of nitrogens with two attached hydrogens (primary N) is 1. The maximum Gasteiger partial charge on any atom is 0.252 e. The second kappa shape index (κ2) is 7.04. The molecule has 116 valence electrons. The van der Waals surface area contributed by atoms with Gasteiger partial charge in [-0.3, -0.25) is 9.59 Å². The van der Waals surface area contributed by atoms with Crippen LogP contribution >= 0.6 is 11.3 Å². The van der Waals surface area contributed by atoms with Crippen LogP contribution in [0.3, 0.4) is 0 Å². The van der Waals surface area contributed by atoms with E-state index in [0.717, 1.165) is 12.8 Å². The quantitative estimate of drug-likeness (QED) is 0.884. The minimum absolute atomic E-state index is 0.0232. The van der Waals surface area contributed by atoms with Crippen molar-refractivity contribution in [1.29, 1.82) is 0 Å². The predicted octanol–water partition coefficient (Wildman–Crippen LogP) is 1.45. The molecule has 0 aromatic carbocycles. The van der Waals surface area contributed by atoms with Crippen molar-refractivity contribution in [2.45, 2.75) is 38.8 Å². The monoisotopic (exact) mass is 309 g/mol. The van der Waals surface area contributed by atoms with E-state index in [1.54, 1.807) is 0 Å². The van der Waals surface area contributed by atoms with Gasteiger partial charge in [0.15, 0.2) is 0 Å². The lowest BCUT2D eigenvalue weighted by Gasteiger charge is -2.34. The number of hydrogen-bond donors (Lipinski definition) is 2. The molecule has 1 aromatic rings. The second-order valence-electron chi connectivity index (χ2n) is 5.73. The number of amides is 2. The highest BCUT2D eigenvalue weighted by atomic mass is 32.1. The largest absolute Gasteiger partial charge is 0.349 e. The molecule has 0 radical (unpaired) electrons. The van der Waals surface area contributed by atoms with Gasteiger partial charge in [-0.25, -0.2) is 0 Å². The summed E-state index contributed by atoms with van der Waals surface area (Å²) in [6.07, 6.45) is 1.60. The summed E-state index contributed by atoms with van der Waals surface area (Å²) < 4.78 is 0. The van der Waals surface area contributed by atoms with Crippen molar-refractivity contribution in [3.05, 3.63) is 22.4 Å². The normalized spacial score (nSPS) is 19.1. The Bertz CT molecular complexity index is 479. The lowest BCUT2D eigenvalue weighted by molar-refractivity contribution is -0.136. The SMILES string of the molecule is CC(N)C(C)C(=O)N1CCC(NC(=O)c2ccsc2)CC1. The molecule has 1 saturated heterocycles. The van der Waals surface area contributed by atoms with Crippen molar-refractivity contribution in [3.8, 4) is 0 Å². The van der Waals surface area contributed by atoms with Crippen LogP contribution in [-0.2, 0) is 4.79 Å². The fraction of sp³-hybridized carbons (Fsp3) is 0.600. The molecule has 0 aliphatic carbocycles. The summed E-state index contributed by atoms with van der Waals surface area (Å²) in [7, 11) is 0. The minimum Gasteiger partial charge on any atom is -0.349 e. The van der Waals surface area contributed by atoms with Crippen LogP contribution in [0.5, 0.6) is 0 Å². The molecule has 1 fully saturated rings. The Kier molecular flexibility index (Phi) is 5.36. The van der Waals surface area contributed by atoms with Crippen LogP contribution in [0.2, 0.25) is 0 Å². The molecule has 1 aliphatic rings. The first-order chi connectivity index (χ1) is 9.99. The van der Waals surface area contributed by atoms with Crippen molar-refractivity contribution in [2.75, 3.05) is 13.1 Å². The van der Waals surface area contributed by atoms with Crippen molar-refractivity contribution in [2.24, 2.45) is 11.7 Å². The lowest BCUT2D eigenvalue weighted by Crippen LogP contribution is -2.49. The molecule has 2 atom stereocenters. The van der Waals surface area contributed by atoms with Gasteiger partial charge in [0.25, 0.3) is 5.91 Å². The van der Waals surface area contributed by atoms with Gasteiger partial charge in [0.1, 0.15) is 0 Å². The number of nitrogens with zero attached hydrogens (tertiary/aromatic N) is 1. The highest BCUT2D eigenvalue weighted by Crippen LogP contribution is 2.15. The molecule has 6 heteroatoms. The van der Waals surface area contributed by atoms with E-state index in [0.29, 0.717) is 18.7 Å². The Morgan fingerprint density at radius 1 is 1.38 bits per heavy atom. The maximum absolute atomic E-state index is 12.2. The number of carbonyl (C=O) groups excluding carboxylic acids is 2. The Morgan fingerprint density at radius 2 is 2.05 bits per heavy atom. The number of nitrogens with one attached hydrogen (secondary N) is 1. The maximum atomic E-state index is 12.2. The van der Waals surface area contributed by atoms with Crippen molar-refractivity contribution in [1.82, 2.24) is 10.2 Å². The summed E-state index contributed by atoms with van der Waals surface area (Å²) in [6, 6.07) is 1.84. The van der Waals surface area contributed by atoms with Gasteiger partial charge >= 0.3 is 0 Å². The van der Waals surface area contributed by atoms with Gasteiger partial charge < -0.3 is 16.0 Å². The first-order valence-electron chi connectivity index (χ1n) is 7.36. The molecule has 0 spiro atoms. The van der Waals surface area contributed by atoms with Crippen LogP contribution < -0.4 is 11.1 Å². The first-order valence-corrected chi connectivity index (χ1v) is 8.30. The summed E-state index contributed by atoms with van der Waals surface area (Å²) in [4.78, 5) is 26.1. The third kappa shape index (κ3) is 4.04. The van der Waals surface area contributed by atoms with Crippen molar-refractivity contribution in [3.63, 3.8) is 0 Å². The molecule has 5 nitrogen and oxygen atoms in total. The molecule has 2 amide bonds. The number of hydrogen-bond acceptors (Lipinski definition) is 4. The van der Waals surface area contributed by atoms with Gasteiger partial charge in [-0.05, 0) is 31.2 Å². The number of thiophene rings is 1. The van der Waals surface area contributed by atoms with Crippen molar-refractivity contribution >= 4 is 23.2 Å². The second-order valence-corrected chi connectivity index (χ2v) is 6.51. The summed E-state index contributed by atoms with van der Waals surface area (Å²) >= 11 is 1.51. The van der Waals surface area contributed by atoms with E-state index in [1.165, 1.54) is 11.3 Å². The van der Waals surface area contributed by atoms with E-state index in [-0.39, 0.29) is 29.8 Å². The van der Waals surface area contributed by atoms with Crippen LogP contribution in [0.1, 0.15) is 37.0 Å². The first kappa shape index (κ1) is 16.0. The molecule has 2 unspecified atom stereocenters. The summed E-state index contributed by atoms with van der Waals surface area (Å²) in [5.74, 6) is -0.0560. The zero-order valence-corrected chi connectivity index (χ0v) is 13.4. The number of likely N-dealkylation sites (tertiary alicyclic amines) is 1. The number of rotatable bonds is 4. The minimum atomic E-state index is -0.151. The zero-order valence-electron chi connectivity index (χ0n) is 12.5. The lowest BCUT2D eigenvalue weighted by atomic mass is 9.99. The molecule has 3 N–H and O–H groups in total. The smallest absolute Gasteiger partial charge is 0.252 e. The van der Waals surface area contributed by atoms with Crippen LogP contribution in [0.15, 0.2) is 16.8 Å². The van der Waals surface area contributed by atoms with Crippen LogP contribution in [0.25, 0.3) is 0 Å². The highest BCUT2D eigenvalue weighted by Gasteiger charge is 2.28. The fourth-order valence-corrected chi connectivity index (χ4v) is 3.06. The van der Waals surface area contributed by atoms with E-state index < -0.39 is 0 Å². The fourth-order valence-electron chi connectivity index (χ4n) is 2.42. The molecule has 0 saturated carbocycles. The average Bonchev–Trinajstić information content (AvgIpc) is 3.00. The molecule has 2 heterocycles. The van der Waals surface area contributed by atoms with Gasteiger partial charge in [-0.2, -0.15) is 11.3 Å². The van der Waals surface area contributed by atoms with Gasteiger partial charge in [-0.1, -0.05) is 6.92 Å². The third-order valence-corrected chi connectivity index (χ3v) is 4.79. The summed E-state index contributed by atoms with van der Waals surface area (Å²) in [5.41, 5.74) is 6.50. The van der Waals surface area contributed by atoms with E-state index in [9.17, 15) is 9.59 Å². The Morgan fingerprint density at radius 3 is 2.57 bits per heavy atom. The van der Waals surface area contributed by atoms with E-state index in [1.807, 2.05) is 35.6 Å². The van der Waals surface area contributed by atoms with Gasteiger partial charge in [-0.15, -0.1) is 0 Å². The molecular weight excluding hydrogens is 286 g/mol. The van der Waals surface area contributed by atoms with Crippen LogP contribution in [0.4, 0.5) is 0 Å². The Balaban J connectivity index is 1.81. The van der Waals surface area contributed by atoms with Crippen LogP contribution in [0, 0.1) is 5.92 Å². The zero-order chi connectivity index (χ0) is 15.4. The molecular formula is C15H23N3O2S. The Labute approximate surface area is 129 Å². The van der Waals surface area contributed by atoms with Crippen LogP contribution in [-0.4, -0.2) is 41.9 Å². The molecule has 21 heavy (non-hydrogen) atoms. The van der Waals surface area contributed by atoms with Gasteiger partial charge in [0.05, 0.1) is 5.92 Å². The van der Waals surface area contributed by atoms with E-state index in [4.69, 9.17) is 5.73 Å². The summed E-state index contributed by atoms with van der Waals surface area (Å²) in [5, 5.41) is 6.78. The topological polar surface area (TPSA) is 75.4 Å². The standard InChI is InChI=1S/C15H23N3O2S/c1-10(11(2)16)15(20)18-6-3-13(4-7-18)17-14(19)12-5-8-21-9-12/h5,8-11,13H,3-4,6-7,16H2,1-2H3,(H,17,19). The van der Waals surface area contributed by atoms with E-state index >= 15 is 0 Å². The third-order valence-electron chi connectivity index (χ3n) is 4.10. The van der Waals surface area contributed by atoms with Crippen molar-refractivity contribution < 1.29 is 9.59 Å². The predicted molar refractivity (Wildman–Crippen MR) is 84.2 cm³/mol. The number of piperidine rings is 1. The highest BCUT2D eigenvalue weighted by molar-refractivity contribution is 7.08. The Hall–Kier alpha value is -1.40.